The molecule has 3 heteroatoms. The van der Waals surface area contributed by atoms with Crippen molar-refractivity contribution in [2.45, 2.75) is 19.4 Å². The maximum atomic E-state index is 13.5. The molecule has 0 heterocycles. The third kappa shape index (κ3) is 2.99. The molecule has 2 rings (SSSR count). The Labute approximate surface area is 119 Å². The normalized spacial score (nSPS) is 12.2. The number of aryl methyl sites for hydroxylation is 1. The predicted octanol–water partition coefficient (Wildman–Crippen LogP) is 3.71. The first kappa shape index (κ1) is 14.5. The van der Waals surface area contributed by atoms with Crippen LogP contribution in [0.2, 0.25) is 0 Å². The Bertz CT molecular complexity index is 583. The van der Waals surface area contributed by atoms with E-state index in [0.717, 1.165) is 12.0 Å². The maximum absolute atomic E-state index is 13.5. The van der Waals surface area contributed by atoms with E-state index in [4.69, 9.17) is 4.74 Å². The minimum atomic E-state index is -0.339. The quantitative estimate of drug-likeness (QED) is 0.896. The molecule has 2 aromatic carbocycles. The number of methoxy groups -OCH3 is 1. The summed E-state index contributed by atoms with van der Waals surface area (Å²) in [5.74, 6) is -0.0668. The van der Waals surface area contributed by atoms with Crippen molar-refractivity contribution in [2.24, 2.45) is 0 Å². The summed E-state index contributed by atoms with van der Waals surface area (Å²) in [5, 5.41) is 3.28. The van der Waals surface area contributed by atoms with Crippen LogP contribution in [0, 0.1) is 5.82 Å². The highest BCUT2D eigenvalue weighted by molar-refractivity contribution is 5.38. The van der Waals surface area contributed by atoms with Crippen LogP contribution in [0.1, 0.15) is 29.7 Å². The van der Waals surface area contributed by atoms with E-state index >= 15 is 0 Å². The van der Waals surface area contributed by atoms with Crippen molar-refractivity contribution < 1.29 is 9.13 Å². The van der Waals surface area contributed by atoms with Crippen LogP contribution in [0.4, 0.5) is 4.39 Å². The summed E-state index contributed by atoms with van der Waals surface area (Å²) in [5.41, 5.74) is 3.44. The Hall–Kier alpha value is -1.87. The monoisotopic (exact) mass is 273 g/mol. The first-order valence-electron chi connectivity index (χ1n) is 6.79. The van der Waals surface area contributed by atoms with Gasteiger partial charge in [-0.15, -0.1) is 0 Å². The number of rotatable bonds is 5. The Morgan fingerprint density at radius 1 is 1.15 bits per heavy atom. The van der Waals surface area contributed by atoms with Crippen LogP contribution < -0.4 is 10.1 Å². The molecule has 2 nitrogen and oxygen atoms in total. The molecule has 1 unspecified atom stereocenters. The topological polar surface area (TPSA) is 21.3 Å². The van der Waals surface area contributed by atoms with Gasteiger partial charge in [0.2, 0.25) is 0 Å². The van der Waals surface area contributed by atoms with E-state index in [0.29, 0.717) is 0 Å². The molecule has 1 atom stereocenters. The number of halogens is 1. The molecule has 0 aliphatic heterocycles. The number of benzene rings is 2. The predicted molar refractivity (Wildman–Crippen MR) is 79.7 cm³/mol. The Kier molecular flexibility index (Phi) is 4.74. The van der Waals surface area contributed by atoms with Crippen LogP contribution in [-0.4, -0.2) is 14.2 Å². The Morgan fingerprint density at radius 3 is 2.55 bits per heavy atom. The van der Waals surface area contributed by atoms with Crippen molar-refractivity contribution in [3.8, 4) is 5.75 Å². The van der Waals surface area contributed by atoms with Crippen LogP contribution in [-0.2, 0) is 6.42 Å². The van der Waals surface area contributed by atoms with E-state index in [2.05, 4.69) is 36.5 Å². The summed E-state index contributed by atoms with van der Waals surface area (Å²) < 4.78 is 18.6. The second-order valence-corrected chi connectivity index (χ2v) is 4.71. The van der Waals surface area contributed by atoms with Gasteiger partial charge in [-0.25, -0.2) is 4.39 Å². The van der Waals surface area contributed by atoms with Crippen LogP contribution in [0.3, 0.4) is 0 Å². The molecule has 0 aromatic heterocycles. The Balaban J connectivity index is 2.41. The number of ether oxygens (including phenoxy) is 1. The molecule has 0 saturated heterocycles. The minimum absolute atomic E-state index is 0.0241. The van der Waals surface area contributed by atoms with Gasteiger partial charge in [0.25, 0.3) is 0 Å². The first-order valence-corrected chi connectivity index (χ1v) is 6.79. The fourth-order valence-electron chi connectivity index (χ4n) is 2.37. The molecular weight excluding hydrogens is 253 g/mol. The summed E-state index contributed by atoms with van der Waals surface area (Å²) in [6.07, 6.45) is 0.997. The van der Waals surface area contributed by atoms with Crippen molar-refractivity contribution in [3.63, 3.8) is 0 Å². The molecule has 0 amide bonds. The largest absolute Gasteiger partial charge is 0.494 e. The zero-order valence-corrected chi connectivity index (χ0v) is 12.1. The molecule has 0 spiro atoms. The summed E-state index contributed by atoms with van der Waals surface area (Å²) in [6.45, 7) is 2.13. The van der Waals surface area contributed by atoms with Crippen LogP contribution >= 0.6 is 0 Å². The third-order valence-corrected chi connectivity index (χ3v) is 3.49. The molecule has 0 aliphatic carbocycles. The minimum Gasteiger partial charge on any atom is -0.494 e. The highest BCUT2D eigenvalue weighted by Gasteiger charge is 2.14. The summed E-state index contributed by atoms with van der Waals surface area (Å²) in [7, 11) is 3.38. The van der Waals surface area contributed by atoms with Gasteiger partial charge in [-0.3, -0.25) is 0 Å². The number of hydrogen-bond acceptors (Lipinski definition) is 2. The van der Waals surface area contributed by atoms with Crippen molar-refractivity contribution in [2.75, 3.05) is 14.2 Å². The smallest absolute Gasteiger partial charge is 0.165 e. The van der Waals surface area contributed by atoms with Gasteiger partial charge in [-0.2, -0.15) is 0 Å². The van der Waals surface area contributed by atoms with E-state index in [1.165, 1.54) is 24.3 Å². The van der Waals surface area contributed by atoms with E-state index in [1.807, 2.05) is 7.05 Å². The van der Waals surface area contributed by atoms with Crippen molar-refractivity contribution in [3.05, 3.63) is 65.0 Å². The third-order valence-electron chi connectivity index (χ3n) is 3.49. The van der Waals surface area contributed by atoms with E-state index in [1.54, 1.807) is 12.1 Å². The van der Waals surface area contributed by atoms with Crippen molar-refractivity contribution in [1.82, 2.24) is 5.32 Å². The number of hydrogen-bond donors (Lipinski definition) is 1. The zero-order valence-electron chi connectivity index (χ0n) is 12.1. The van der Waals surface area contributed by atoms with Gasteiger partial charge in [0, 0.05) is 0 Å². The summed E-state index contributed by atoms with van der Waals surface area (Å²) in [4.78, 5) is 0. The van der Waals surface area contributed by atoms with E-state index < -0.39 is 0 Å². The molecule has 20 heavy (non-hydrogen) atoms. The fraction of sp³-hybridized carbons (Fsp3) is 0.294. The maximum Gasteiger partial charge on any atom is 0.165 e. The van der Waals surface area contributed by atoms with Crippen molar-refractivity contribution >= 4 is 0 Å². The van der Waals surface area contributed by atoms with Gasteiger partial charge in [0.1, 0.15) is 0 Å². The molecular formula is C17H20FNO. The molecule has 1 N–H and O–H groups in total. The fourth-order valence-corrected chi connectivity index (χ4v) is 2.37. The van der Waals surface area contributed by atoms with Gasteiger partial charge < -0.3 is 10.1 Å². The standard InChI is InChI=1S/C17H20FNO/c1-4-12-6-5-7-13(10-12)17(19-2)14-8-9-15(18)16(11-14)20-3/h5-11,17,19H,4H2,1-3H3. The molecule has 0 aliphatic rings. The second-order valence-electron chi connectivity index (χ2n) is 4.71. The SMILES string of the molecule is CCc1cccc(C(NC)c2ccc(F)c(OC)c2)c1. The van der Waals surface area contributed by atoms with Gasteiger partial charge in [-0.05, 0) is 42.3 Å². The summed E-state index contributed by atoms with van der Waals surface area (Å²) in [6, 6.07) is 13.4. The zero-order chi connectivity index (χ0) is 14.5. The van der Waals surface area contributed by atoms with E-state index in [-0.39, 0.29) is 17.6 Å². The highest BCUT2D eigenvalue weighted by Crippen LogP contribution is 2.27. The molecule has 0 bridgehead atoms. The number of nitrogens with one attached hydrogen (secondary N) is 1. The van der Waals surface area contributed by atoms with Gasteiger partial charge in [0.05, 0.1) is 13.2 Å². The molecule has 2 aromatic rings. The Morgan fingerprint density at radius 2 is 1.90 bits per heavy atom. The molecule has 106 valence electrons. The van der Waals surface area contributed by atoms with E-state index in [9.17, 15) is 4.39 Å². The lowest BCUT2D eigenvalue weighted by Crippen LogP contribution is -2.18. The molecule has 0 fully saturated rings. The molecule has 0 saturated carbocycles. The lowest BCUT2D eigenvalue weighted by atomic mass is 9.96. The van der Waals surface area contributed by atoms with Crippen LogP contribution in [0.15, 0.2) is 42.5 Å². The van der Waals surface area contributed by atoms with Gasteiger partial charge >= 0.3 is 0 Å². The average Bonchev–Trinajstić information content (AvgIpc) is 2.50. The van der Waals surface area contributed by atoms with Crippen LogP contribution in [0.25, 0.3) is 0 Å². The van der Waals surface area contributed by atoms with Crippen molar-refractivity contribution in [1.29, 1.82) is 0 Å². The average molecular weight is 273 g/mol. The van der Waals surface area contributed by atoms with Gasteiger partial charge in [-0.1, -0.05) is 37.3 Å². The van der Waals surface area contributed by atoms with Crippen LogP contribution in [0.5, 0.6) is 5.75 Å². The molecule has 0 radical (unpaired) electrons. The second kappa shape index (κ2) is 6.53. The lowest BCUT2D eigenvalue weighted by molar-refractivity contribution is 0.385. The highest BCUT2D eigenvalue weighted by atomic mass is 19.1. The first-order chi connectivity index (χ1) is 9.69. The lowest BCUT2D eigenvalue weighted by Gasteiger charge is -2.19. The van der Waals surface area contributed by atoms with Gasteiger partial charge in [0.15, 0.2) is 11.6 Å². The summed E-state index contributed by atoms with van der Waals surface area (Å²) >= 11 is 0.